The Morgan fingerprint density at radius 3 is 2.29 bits per heavy atom. The second kappa shape index (κ2) is 10.5. The Morgan fingerprint density at radius 2 is 1.56 bits per heavy atom. The number of nitrogens with zero attached hydrogens (tertiary/aromatic N) is 1. The van der Waals surface area contributed by atoms with Crippen molar-refractivity contribution in [2.24, 2.45) is 5.92 Å². The molecular formula is C38H34N2O5. The monoisotopic (exact) mass is 598 g/mol. The minimum absolute atomic E-state index is 0.228. The fourth-order valence-electron chi connectivity index (χ4n) is 7.61. The van der Waals surface area contributed by atoms with Gasteiger partial charge < -0.3 is 19.7 Å². The number of carbonyl (C=O) groups is 3. The number of allylic oxidation sites excluding steroid dienone is 1. The molecule has 7 nitrogen and oxygen atoms in total. The summed E-state index contributed by atoms with van der Waals surface area (Å²) >= 11 is 0. The van der Waals surface area contributed by atoms with E-state index in [2.05, 4.69) is 17.5 Å². The third kappa shape index (κ3) is 4.06. The number of para-hydroxylation sites is 1. The maximum Gasteiger partial charge on any atom is 0.238 e. The van der Waals surface area contributed by atoms with E-state index < -0.39 is 23.4 Å². The third-order valence-corrected chi connectivity index (χ3v) is 9.69. The van der Waals surface area contributed by atoms with Gasteiger partial charge in [-0.1, -0.05) is 65.7 Å². The van der Waals surface area contributed by atoms with Crippen LogP contribution in [0.3, 0.4) is 0 Å². The first kappa shape index (κ1) is 28.6. The molecule has 7 rings (SSSR count). The predicted octanol–water partition coefficient (Wildman–Crippen LogP) is 6.57. The molecule has 1 fully saturated rings. The number of hydrogen-bond donors (Lipinski definition) is 1. The van der Waals surface area contributed by atoms with Crippen LogP contribution in [-0.4, -0.2) is 43.8 Å². The Morgan fingerprint density at radius 1 is 0.822 bits per heavy atom. The van der Waals surface area contributed by atoms with Gasteiger partial charge in [0.2, 0.25) is 5.91 Å². The van der Waals surface area contributed by atoms with Gasteiger partial charge in [-0.05, 0) is 68.3 Å². The van der Waals surface area contributed by atoms with Crippen LogP contribution >= 0.6 is 0 Å². The Balaban J connectivity index is 1.57. The first-order valence-electron chi connectivity index (χ1n) is 15.1. The van der Waals surface area contributed by atoms with Crippen molar-refractivity contribution in [1.29, 1.82) is 0 Å². The molecule has 226 valence electrons. The lowest BCUT2D eigenvalue weighted by Crippen LogP contribution is -2.51. The molecule has 0 unspecified atom stereocenters. The van der Waals surface area contributed by atoms with Crippen LogP contribution < -0.4 is 19.7 Å². The molecule has 1 spiro atoms. The standard InChI is InChI=1S/C38H34N2O5/c1-21-10-13-24(14-11-21)35(41)34-33(36(42)27-20-25(44-4)15-17-31(27)45-5)38(28-8-6-7-9-29(28)39-37(38)43)32-19-23(3)26-18-22(2)12-16-30(26)40(32)34/h6-20,32-34H,1-5H3,(H,39,43)/t32-,33-,34+,38-/m0/s1. The van der Waals surface area contributed by atoms with Crippen LogP contribution in [0.25, 0.3) is 5.57 Å². The Labute approximate surface area is 262 Å². The maximum absolute atomic E-state index is 15.3. The molecule has 0 aromatic heterocycles. The van der Waals surface area contributed by atoms with E-state index in [1.807, 2.05) is 74.2 Å². The van der Waals surface area contributed by atoms with Crippen LogP contribution in [0.5, 0.6) is 11.5 Å². The van der Waals surface area contributed by atoms with Crippen molar-refractivity contribution in [2.75, 3.05) is 24.4 Å². The largest absolute Gasteiger partial charge is 0.497 e. The van der Waals surface area contributed by atoms with Crippen molar-refractivity contribution in [3.05, 3.63) is 124 Å². The molecule has 3 aliphatic rings. The van der Waals surface area contributed by atoms with E-state index in [9.17, 15) is 9.59 Å². The number of amides is 1. The van der Waals surface area contributed by atoms with Crippen LogP contribution in [0.2, 0.25) is 0 Å². The van der Waals surface area contributed by atoms with Gasteiger partial charge in [0.15, 0.2) is 11.6 Å². The minimum Gasteiger partial charge on any atom is -0.497 e. The molecule has 0 aliphatic carbocycles. The summed E-state index contributed by atoms with van der Waals surface area (Å²) in [7, 11) is 3.04. The maximum atomic E-state index is 15.3. The normalized spacial score (nSPS) is 22.7. The van der Waals surface area contributed by atoms with Gasteiger partial charge in [0.1, 0.15) is 23.0 Å². The van der Waals surface area contributed by atoms with Crippen molar-refractivity contribution in [3.63, 3.8) is 0 Å². The number of carbonyl (C=O) groups excluding carboxylic acids is 3. The lowest BCUT2D eigenvalue weighted by Gasteiger charge is -2.39. The molecule has 45 heavy (non-hydrogen) atoms. The summed E-state index contributed by atoms with van der Waals surface area (Å²) in [6, 6.07) is 24.4. The molecule has 1 amide bonds. The number of rotatable bonds is 6. The highest BCUT2D eigenvalue weighted by Crippen LogP contribution is 2.59. The van der Waals surface area contributed by atoms with Crippen LogP contribution in [-0.2, 0) is 10.2 Å². The number of methoxy groups -OCH3 is 2. The summed E-state index contributed by atoms with van der Waals surface area (Å²) in [6.07, 6.45) is 2.06. The highest BCUT2D eigenvalue weighted by Gasteiger charge is 2.70. The average Bonchev–Trinajstić information content (AvgIpc) is 3.52. The first-order valence-corrected chi connectivity index (χ1v) is 15.1. The van der Waals surface area contributed by atoms with Crippen LogP contribution in [0, 0.1) is 19.8 Å². The number of fused-ring (bicyclic) bond motifs is 6. The van der Waals surface area contributed by atoms with Gasteiger partial charge in [-0.15, -0.1) is 0 Å². The molecule has 4 aromatic carbocycles. The zero-order valence-corrected chi connectivity index (χ0v) is 25.9. The lowest BCUT2D eigenvalue weighted by atomic mass is 9.63. The van der Waals surface area contributed by atoms with Gasteiger partial charge in [-0.25, -0.2) is 0 Å². The van der Waals surface area contributed by atoms with Gasteiger partial charge in [0, 0.05) is 22.5 Å². The average molecular weight is 599 g/mol. The number of ketones is 2. The lowest BCUT2D eigenvalue weighted by molar-refractivity contribution is -0.121. The number of aryl methyl sites for hydroxylation is 2. The van der Waals surface area contributed by atoms with E-state index in [1.54, 1.807) is 30.3 Å². The van der Waals surface area contributed by atoms with E-state index in [1.165, 1.54) is 14.2 Å². The fraction of sp³-hybridized carbons (Fsp3) is 0.237. The van der Waals surface area contributed by atoms with Gasteiger partial charge >= 0.3 is 0 Å². The summed E-state index contributed by atoms with van der Waals surface area (Å²) in [5, 5.41) is 3.09. The summed E-state index contributed by atoms with van der Waals surface area (Å²) < 4.78 is 11.2. The molecular weight excluding hydrogens is 564 g/mol. The predicted molar refractivity (Wildman–Crippen MR) is 175 cm³/mol. The van der Waals surface area contributed by atoms with Gasteiger partial charge in [0.05, 0.1) is 31.7 Å². The summed E-state index contributed by atoms with van der Waals surface area (Å²) in [5.74, 6) is -1.20. The van der Waals surface area contributed by atoms with Crippen molar-refractivity contribution in [1.82, 2.24) is 0 Å². The fourth-order valence-corrected chi connectivity index (χ4v) is 7.61. The zero-order valence-electron chi connectivity index (χ0n) is 25.9. The van der Waals surface area contributed by atoms with E-state index in [4.69, 9.17) is 9.47 Å². The summed E-state index contributed by atoms with van der Waals surface area (Å²) in [4.78, 5) is 46.9. The summed E-state index contributed by atoms with van der Waals surface area (Å²) in [5.41, 5.74) is 5.52. The van der Waals surface area contributed by atoms with Crippen molar-refractivity contribution in [3.8, 4) is 11.5 Å². The van der Waals surface area contributed by atoms with E-state index in [-0.39, 0.29) is 23.0 Å². The highest BCUT2D eigenvalue weighted by molar-refractivity contribution is 6.19. The Hall–Kier alpha value is -5.17. The second-order valence-corrected chi connectivity index (χ2v) is 12.2. The number of ether oxygens (including phenoxy) is 2. The number of Topliss-reactive ketones (excluding diaryl/α,β-unsaturated/α-hetero) is 2. The van der Waals surface area contributed by atoms with Crippen molar-refractivity contribution >= 4 is 34.4 Å². The SMILES string of the molecule is COc1ccc(OC)c(C(=O)[C@@H]2[C@H](C(=O)c3ccc(C)cc3)N3c4ccc(C)cc4C(C)=C[C@H]3[C@]23C(=O)Nc2ccccc23)c1. The van der Waals surface area contributed by atoms with Gasteiger partial charge in [-0.3, -0.25) is 14.4 Å². The second-order valence-electron chi connectivity index (χ2n) is 12.2. The summed E-state index contributed by atoms with van der Waals surface area (Å²) in [6.45, 7) is 6.02. The molecule has 3 heterocycles. The first-order chi connectivity index (χ1) is 21.7. The molecule has 1 saturated heterocycles. The van der Waals surface area contributed by atoms with E-state index in [0.717, 1.165) is 28.0 Å². The van der Waals surface area contributed by atoms with Crippen LogP contribution in [0.15, 0.2) is 91.0 Å². The molecule has 3 aliphatic heterocycles. The Kier molecular flexibility index (Phi) is 6.66. The third-order valence-electron chi connectivity index (χ3n) is 9.69. The van der Waals surface area contributed by atoms with E-state index >= 15 is 4.79 Å². The molecule has 7 heteroatoms. The molecule has 0 bridgehead atoms. The van der Waals surface area contributed by atoms with E-state index in [0.29, 0.717) is 28.3 Å². The molecule has 1 N–H and O–H groups in total. The highest BCUT2D eigenvalue weighted by atomic mass is 16.5. The number of hydrogen-bond acceptors (Lipinski definition) is 6. The van der Waals surface area contributed by atoms with Crippen LogP contribution in [0.4, 0.5) is 11.4 Å². The topological polar surface area (TPSA) is 84.9 Å². The quantitative estimate of drug-likeness (QED) is 0.253. The van der Waals surface area contributed by atoms with Crippen molar-refractivity contribution in [2.45, 2.75) is 38.3 Å². The van der Waals surface area contributed by atoms with Gasteiger partial charge in [0.25, 0.3) is 0 Å². The minimum atomic E-state index is -1.42. The molecule has 4 aromatic rings. The van der Waals surface area contributed by atoms with Crippen LogP contribution in [0.1, 0.15) is 49.9 Å². The Bertz CT molecular complexity index is 1930. The smallest absolute Gasteiger partial charge is 0.238 e. The molecule has 4 atom stereocenters. The zero-order chi connectivity index (χ0) is 31.6. The number of anilines is 2. The van der Waals surface area contributed by atoms with Crippen molar-refractivity contribution < 1.29 is 23.9 Å². The molecule has 0 radical (unpaired) electrons. The number of benzene rings is 4. The number of nitrogens with one attached hydrogen (secondary N) is 1. The van der Waals surface area contributed by atoms with Gasteiger partial charge in [-0.2, -0.15) is 0 Å². The molecule has 0 saturated carbocycles.